The maximum absolute atomic E-state index is 12.3. The van der Waals surface area contributed by atoms with E-state index < -0.39 is 0 Å². The molecular formula is C17H21N3O2. The molecule has 2 saturated heterocycles. The van der Waals surface area contributed by atoms with Crippen LogP contribution in [0.25, 0.3) is 0 Å². The quantitative estimate of drug-likeness (QED) is 0.800. The molecule has 2 atom stereocenters. The Balaban J connectivity index is 1.36. The number of hydrogen-bond donors (Lipinski definition) is 3. The van der Waals surface area contributed by atoms with Crippen molar-refractivity contribution < 1.29 is 9.59 Å². The number of carbonyl (C=O) groups excluding carboxylic acids is 2. The van der Waals surface area contributed by atoms with Crippen LogP contribution >= 0.6 is 0 Å². The van der Waals surface area contributed by atoms with Crippen molar-refractivity contribution in [2.24, 2.45) is 5.92 Å². The zero-order valence-corrected chi connectivity index (χ0v) is 12.5. The number of nitrogens with one attached hydrogen (secondary N) is 3. The van der Waals surface area contributed by atoms with Gasteiger partial charge in [-0.3, -0.25) is 9.59 Å². The lowest BCUT2D eigenvalue weighted by molar-refractivity contribution is -0.117. The number of rotatable bonds is 3. The highest BCUT2D eigenvalue weighted by molar-refractivity contribution is 6.00. The zero-order chi connectivity index (χ0) is 15.1. The van der Waals surface area contributed by atoms with Gasteiger partial charge in [0, 0.05) is 29.9 Å². The van der Waals surface area contributed by atoms with Gasteiger partial charge in [0.25, 0.3) is 0 Å². The maximum Gasteiger partial charge on any atom is 0.228 e. The molecule has 2 unspecified atom stereocenters. The normalized spacial score (nSPS) is 29.1. The van der Waals surface area contributed by atoms with E-state index in [4.69, 9.17) is 0 Å². The molecule has 3 aliphatic heterocycles. The van der Waals surface area contributed by atoms with Gasteiger partial charge in [-0.05, 0) is 55.4 Å². The van der Waals surface area contributed by atoms with E-state index in [2.05, 4.69) is 16.0 Å². The summed E-state index contributed by atoms with van der Waals surface area (Å²) in [7, 11) is 0. The van der Waals surface area contributed by atoms with E-state index >= 15 is 0 Å². The average Bonchev–Trinajstić information content (AvgIpc) is 2.99. The van der Waals surface area contributed by atoms with E-state index in [9.17, 15) is 9.59 Å². The SMILES string of the molecule is O=C(CC1CC2CCC(C1)N2)Nc1ccc2c(c1)CC(=O)N2. The molecule has 116 valence electrons. The van der Waals surface area contributed by atoms with Crippen LogP contribution in [0.5, 0.6) is 0 Å². The smallest absolute Gasteiger partial charge is 0.228 e. The van der Waals surface area contributed by atoms with Crippen molar-refractivity contribution in [1.29, 1.82) is 0 Å². The molecule has 5 nitrogen and oxygen atoms in total. The Morgan fingerprint density at radius 2 is 2.00 bits per heavy atom. The molecule has 1 aromatic rings. The molecule has 0 saturated carbocycles. The first kappa shape index (κ1) is 13.8. The van der Waals surface area contributed by atoms with Gasteiger partial charge in [-0.15, -0.1) is 0 Å². The minimum Gasteiger partial charge on any atom is -0.326 e. The van der Waals surface area contributed by atoms with Crippen LogP contribution in [0, 0.1) is 5.92 Å². The van der Waals surface area contributed by atoms with Crippen LogP contribution < -0.4 is 16.0 Å². The molecule has 5 heteroatoms. The van der Waals surface area contributed by atoms with Crippen molar-refractivity contribution in [2.45, 2.75) is 50.6 Å². The third kappa shape index (κ3) is 2.73. The van der Waals surface area contributed by atoms with Crippen LogP contribution in [0.15, 0.2) is 18.2 Å². The lowest BCUT2D eigenvalue weighted by Crippen LogP contribution is -2.39. The first-order valence-corrected chi connectivity index (χ1v) is 8.14. The number of fused-ring (bicyclic) bond motifs is 3. The summed E-state index contributed by atoms with van der Waals surface area (Å²) in [5.74, 6) is 0.601. The van der Waals surface area contributed by atoms with Gasteiger partial charge in [0.15, 0.2) is 0 Å². The molecule has 1 aromatic carbocycles. The van der Waals surface area contributed by atoms with Gasteiger partial charge in [0.1, 0.15) is 0 Å². The molecule has 2 fully saturated rings. The molecule has 4 rings (SSSR count). The Labute approximate surface area is 129 Å². The van der Waals surface area contributed by atoms with Gasteiger partial charge < -0.3 is 16.0 Å². The molecule has 3 heterocycles. The first-order valence-electron chi connectivity index (χ1n) is 8.14. The molecule has 2 amide bonds. The average molecular weight is 299 g/mol. The third-order valence-corrected chi connectivity index (χ3v) is 5.06. The number of piperidine rings is 1. The second kappa shape index (κ2) is 5.39. The molecule has 2 bridgehead atoms. The molecular weight excluding hydrogens is 278 g/mol. The standard InChI is InChI=1S/C17H21N3O2/c21-16(7-10-5-12-1-2-13(6-10)18-12)19-14-3-4-15-11(8-14)9-17(22)20-15/h3-4,8,10,12-13,18H,1-2,5-7,9H2,(H,19,21)(H,20,22). The van der Waals surface area contributed by atoms with Crippen molar-refractivity contribution in [3.05, 3.63) is 23.8 Å². The highest BCUT2D eigenvalue weighted by Gasteiger charge is 2.34. The predicted octanol–water partition coefficient (Wildman–Crippen LogP) is 2.04. The fraction of sp³-hybridized carbons (Fsp3) is 0.529. The lowest BCUT2D eigenvalue weighted by Gasteiger charge is -2.28. The summed E-state index contributed by atoms with van der Waals surface area (Å²) in [6.07, 6.45) is 5.75. The van der Waals surface area contributed by atoms with Crippen LogP contribution in [0.2, 0.25) is 0 Å². The summed E-state index contributed by atoms with van der Waals surface area (Å²) in [4.78, 5) is 23.6. The number of anilines is 2. The Kier molecular flexibility index (Phi) is 3.37. The molecule has 3 N–H and O–H groups in total. The highest BCUT2D eigenvalue weighted by Crippen LogP contribution is 2.33. The summed E-state index contributed by atoms with van der Waals surface area (Å²) >= 11 is 0. The molecule has 0 spiro atoms. The fourth-order valence-corrected chi connectivity index (χ4v) is 4.12. The predicted molar refractivity (Wildman–Crippen MR) is 84.7 cm³/mol. The monoisotopic (exact) mass is 299 g/mol. The largest absolute Gasteiger partial charge is 0.326 e. The molecule has 3 aliphatic rings. The maximum atomic E-state index is 12.3. The van der Waals surface area contributed by atoms with Crippen molar-refractivity contribution >= 4 is 23.2 Å². The van der Waals surface area contributed by atoms with Crippen LogP contribution in [0.4, 0.5) is 11.4 Å². The molecule has 0 aliphatic carbocycles. The fourth-order valence-electron chi connectivity index (χ4n) is 4.12. The molecule has 0 aromatic heterocycles. The van der Waals surface area contributed by atoms with E-state index in [1.54, 1.807) is 0 Å². The van der Waals surface area contributed by atoms with Crippen molar-refractivity contribution in [2.75, 3.05) is 10.6 Å². The Bertz CT molecular complexity index is 616. The molecule has 0 radical (unpaired) electrons. The minimum atomic E-state index is 0.0173. The van der Waals surface area contributed by atoms with Gasteiger partial charge in [0.05, 0.1) is 6.42 Å². The minimum absolute atomic E-state index is 0.0173. The van der Waals surface area contributed by atoms with Crippen molar-refractivity contribution in [3.8, 4) is 0 Å². The first-order chi connectivity index (χ1) is 10.7. The summed E-state index contributed by atoms with van der Waals surface area (Å²) in [5, 5.41) is 9.39. The van der Waals surface area contributed by atoms with E-state index in [0.717, 1.165) is 29.8 Å². The summed E-state index contributed by atoms with van der Waals surface area (Å²) in [6, 6.07) is 6.86. The molecule has 22 heavy (non-hydrogen) atoms. The van der Waals surface area contributed by atoms with Crippen molar-refractivity contribution in [1.82, 2.24) is 5.32 Å². The summed E-state index contributed by atoms with van der Waals surface area (Å²) < 4.78 is 0. The Morgan fingerprint density at radius 1 is 1.23 bits per heavy atom. The summed E-state index contributed by atoms with van der Waals surface area (Å²) in [5.41, 5.74) is 2.61. The van der Waals surface area contributed by atoms with Crippen LogP contribution in [-0.4, -0.2) is 23.9 Å². The van der Waals surface area contributed by atoms with E-state index in [1.807, 2.05) is 18.2 Å². The zero-order valence-electron chi connectivity index (χ0n) is 12.5. The van der Waals surface area contributed by atoms with Crippen LogP contribution in [0.3, 0.4) is 0 Å². The number of amides is 2. The van der Waals surface area contributed by atoms with Gasteiger partial charge in [0.2, 0.25) is 11.8 Å². The van der Waals surface area contributed by atoms with E-state index in [1.165, 1.54) is 12.8 Å². The van der Waals surface area contributed by atoms with Gasteiger partial charge >= 0.3 is 0 Å². The van der Waals surface area contributed by atoms with E-state index in [-0.39, 0.29) is 11.8 Å². The topological polar surface area (TPSA) is 70.2 Å². The second-order valence-electron chi connectivity index (χ2n) is 6.82. The second-order valence-corrected chi connectivity index (χ2v) is 6.82. The lowest BCUT2D eigenvalue weighted by atomic mass is 9.89. The third-order valence-electron chi connectivity index (χ3n) is 5.06. The van der Waals surface area contributed by atoms with Gasteiger partial charge in [-0.1, -0.05) is 0 Å². The number of hydrogen-bond acceptors (Lipinski definition) is 3. The number of carbonyl (C=O) groups is 2. The number of benzene rings is 1. The van der Waals surface area contributed by atoms with Crippen LogP contribution in [-0.2, 0) is 16.0 Å². The Morgan fingerprint density at radius 3 is 2.77 bits per heavy atom. The summed E-state index contributed by atoms with van der Waals surface area (Å²) in [6.45, 7) is 0. The van der Waals surface area contributed by atoms with Crippen molar-refractivity contribution in [3.63, 3.8) is 0 Å². The van der Waals surface area contributed by atoms with Gasteiger partial charge in [-0.2, -0.15) is 0 Å². The van der Waals surface area contributed by atoms with E-state index in [0.29, 0.717) is 30.8 Å². The highest BCUT2D eigenvalue weighted by atomic mass is 16.2. The van der Waals surface area contributed by atoms with Crippen LogP contribution in [0.1, 0.15) is 37.7 Å². The Hall–Kier alpha value is -1.88. The van der Waals surface area contributed by atoms with Gasteiger partial charge in [-0.25, -0.2) is 0 Å².